The zero-order valence-electron chi connectivity index (χ0n) is 9.68. The molecule has 0 bridgehead atoms. The first-order valence-electron chi connectivity index (χ1n) is 5.58. The van der Waals surface area contributed by atoms with Crippen molar-refractivity contribution in [2.75, 3.05) is 0 Å². The highest BCUT2D eigenvalue weighted by molar-refractivity contribution is 6.34. The Morgan fingerprint density at radius 3 is 2.47 bits per heavy atom. The van der Waals surface area contributed by atoms with Crippen molar-refractivity contribution < 1.29 is 0 Å². The molecule has 0 N–H and O–H groups in total. The van der Waals surface area contributed by atoms with E-state index in [1.165, 1.54) is 4.57 Å². The summed E-state index contributed by atoms with van der Waals surface area (Å²) in [6.45, 7) is 0. The smallest absolute Gasteiger partial charge is 0.266 e. The van der Waals surface area contributed by atoms with Crippen LogP contribution in [0.25, 0.3) is 16.5 Å². The number of fused-ring (bicyclic) bond motifs is 1. The number of hydrogen-bond acceptors (Lipinski definition) is 2. The van der Waals surface area contributed by atoms with Crippen LogP contribution >= 0.6 is 23.2 Å². The predicted molar refractivity (Wildman–Crippen MR) is 77.4 cm³/mol. The molecule has 3 aromatic rings. The lowest BCUT2D eigenvalue weighted by Crippen LogP contribution is -2.18. The summed E-state index contributed by atoms with van der Waals surface area (Å²) in [6, 6.07) is 10.6. The van der Waals surface area contributed by atoms with Gasteiger partial charge in [0.1, 0.15) is 5.15 Å². The van der Waals surface area contributed by atoms with E-state index in [4.69, 9.17) is 23.2 Å². The van der Waals surface area contributed by atoms with Crippen LogP contribution in [-0.2, 0) is 0 Å². The second kappa shape index (κ2) is 4.68. The van der Waals surface area contributed by atoms with Crippen LogP contribution in [0.5, 0.6) is 0 Å². The van der Waals surface area contributed by atoms with Crippen molar-refractivity contribution in [3.8, 4) is 5.69 Å². The standard InChI is InChI=1S/C14H8Cl2N2O/c15-10-1-3-11(4-2-10)18-8-6-9-5-7-17-13(16)12(9)14(18)19/h1-8H. The first-order valence-corrected chi connectivity index (χ1v) is 6.34. The Balaban J connectivity index is 2.32. The van der Waals surface area contributed by atoms with E-state index in [1.54, 1.807) is 42.7 Å². The Kier molecular flexibility index (Phi) is 3.01. The van der Waals surface area contributed by atoms with E-state index in [0.717, 1.165) is 11.1 Å². The second-order valence-electron chi connectivity index (χ2n) is 4.03. The van der Waals surface area contributed by atoms with Gasteiger partial charge in [-0.1, -0.05) is 23.2 Å². The van der Waals surface area contributed by atoms with Crippen molar-refractivity contribution in [3.05, 3.63) is 69.3 Å². The fourth-order valence-electron chi connectivity index (χ4n) is 1.95. The number of aromatic nitrogens is 2. The Hall–Kier alpha value is -1.84. The van der Waals surface area contributed by atoms with Crippen molar-refractivity contribution in [1.82, 2.24) is 9.55 Å². The van der Waals surface area contributed by atoms with Crippen LogP contribution in [-0.4, -0.2) is 9.55 Å². The minimum atomic E-state index is -0.196. The molecular formula is C14H8Cl2N2O. The summed E-state index contributed by atoms with van der Waals surface area (Å²) < 4.78 is 1.52. The van der Waals surface area contributed by atoms with E-state index in [9.17, 15) is 4.79 Å². The minimum Gasteiger partial charge on any atom is -0.284 e. The van der Waals surface area contributed by atoms with Gasteiger partial charge in [0.2, 0.25) is 0 Å². The van der Waals surface area contributed by atoms with Gasteiger partial charge in [-0.15, -0.1) is 0 Å². The van der Waals surface area contributed by atoms with Gasteiger partial charge in [0.25, 0.3) is 5.56 Å². The van der Waals surface area contributed by atoms with E-state index < -0.39 is 0 Å². The average molecular weight is 291 g/mol. The third-order valence-electron chi connectivity index (χ3n) is 2.88. The van der Waals surface area contributed by atoms with Gasteiger partial charge < -0.3 is 0 Å². The van der Waals surface area contributed by atoms with Crippen molar-refractivity contribution in [3.63, 3.8) is 0 Å². The first kappa shape index (κ1) is 12.2. The molecule has 94 valence electrons. The molecule has 1 aromatic carbocycles. The van der Waals surface area contributed by atoms with E-state index in [2.05, 4.69) is 4.98 Å². The molecule has 3 rings (SSSR count). The van der Waals surface area contributed by atoms with E-state index >= 15 is 0 Å². The average Bonchev–Trinajstić information content (AvgIpc) is 2.40. The minimum absolute atomic E-state index is 0.196. The van der Waals surface area contributed by atoms with Gasteiger partial charge in [-0.05, 0) is 41.8 Å². The Bertz CT molecular complexity index is 810. The lowest BCUT2D eigenvalue weighted by atomic mass is 10.2. The van der Waals surface area contributed by atoms with E-state index in [1.807, 2.05) is 6.07 Å². The van der Waals surface area contributed by atoms with Gasteiger partial charge >= 0.3 is 0 Å². The highest BCUT2D eigenvalue weighted by Gasteiger charge is 2.08. The van der Waals surface area contributed by atoms with Crippen molar-refractivity contribution in [1.29, 1.82) is 0 Å². The predicted octanol–water partition coefficient (Wildman–Crippen LogP) is 3.69. The van der Waals surface area contributed by atoms with E-state index in [-0.39, 0.29) is 10.7 Å². The maximum atomic E-state index is 12.4. The number of benzene rings is 1. The quantitative estimate of drug-likeness (QED) is 0.641. The summed E-state index contributed by atoms with van der Waals surface area (Å²) in [4.78, 5) is 16.4. The van der Waals surface area contributed by atoms with Crippen LogP contribution in [0.2, 0.25) is 10.2 Å². The van der Waals surface area contributed by atoms with Gasteiger partial charge in [0.15, 0.2) is 0 Å². The Morgan fingerprint density at radius 1 is 1.00 bits per heavy atom. The molecule has 5 heteroatoms. The monoisotopic (exact) mass is 290 g/mol. The summed E-state index contributed by atoms with van der Waals surface area (Å²) in [5, 5.41) is 2.03. The zero-order chi connectivity index (χ0) is 13.4. The van der Waals surface area contributed by atoms with Crippen LogP contribution in [0, 0.1) is 0 Å². The molecule has 0 radical (unpaired) electrons. The molecule has 0 fully saturated rings. The summed E-state index contributed by atoms with van der Waals surface area (Å²) in [7, 11) is 0. The van der Waals surface area contributed by atoms with Crippen LogP contribution in [0.3, 0.4) is 0 Å². The lowest BCUT2D eigenvalue weighted by molar-refractivity contribution is 1.01. The van der Waals surface area contributed by atoms with Crippen LogP contribution in [0.15, 0.2) is 53.6 Å². The van der Waals surface area contributed by atoms with Gasteiger partial charge in [0.05, 0.1) is 5.39 Å². The van der Waals surface area contributed by atoms with Gasteiger partial charge in [-0.3, -0.25) is 9.36 Å². The summed E-state index contributed by atoms with van der Waals surface area (Å²) in [5.41, 5.74) is 0.536. The van der Waals surface area contributed by atoms with Gasteiger partial charge in [-0.2, -0.15) is 0 Å². The third-order valence-corrected chi connectivity index (χ3v) is 3.42. The molecule has 0 aliphatic heterocycles. The molecule has 3 nitrogen and oxygen atoms in total. The van der Waals surface area contributed by atoms with Gasteiger partial charge in [-0.25, -0.2) is 4.98 Å². The molecule has 0 saturated heterocycles. The lowest BCUT2D eigenvalue weighted by Gasteiger charge is -2.07. The molecular weight excluding hydrogens is 283 g/mol. The van der Waals surface area contributed by atoms with Crippen molar-refractivity contribution in [2.24, 2.45) is 0 Å². The summed E-state index contributed by atoms with van der Waals surface area (Å²) >= 11 is 11.8. The summed E-state index contributed by atoms with van der Waals surface area (Å²) in [6.07, 6.45) is 3.29. The SMILES string of the molecule is O=c1c2c(Cl)nccc2ccn1-c1ccc(Cl)cc1. The number of hydrogen-bond donors (Lipinski definition) is 0. The highest BCUT2D eigenvalue weighted by Crippen LogP contribution is 2.18. The Morgan fingerprint density at radius 2 is 1.74 bits per heavy atom. The topological polar surface area (TPSA) is 34.9 Å². The molecule has 0 aliphatic carbocycles. The number of pyridine rings is 2. The molecule has 0 unspecified atom stereocenters. The molecule has 2 aromatic heterocycles. The summed E-state index contributed by atoms with van der Waals surface area (Å²) in [5.74, 6) is 0. The van der Waals surface area contributed by atoms with Crippen LogP contribution < -0.4 is 5.56 Å². The molecule has 0 spiro atoms. The second-order valence-corrected chi connectivity index (χ2v) is 4.83. The van der Waals surface area contributed by atoms with Crippen molar-refractivity contribution >= 4 is 34.0 Å². The fraction of sp³-hybridized carbons (Fsp3) is 0. The molecule has 0 amide bonds. The molecule has 0 aliphatic rings. The van der Waals surface area contributed by atoms with Gasteiger partial charge in [0, 0.05) is 23.1 Å². The van der Waals surface area contributed by atoms with Crippen LogP contribution in [0.4, 0.5) is 0 Å². The highest BCUT2D eigenvalue weighted by atomic mass is 35.5. The van der Waals surface area contributed by atoms with Crippen molar-refractivity contribution in [2.45, 2.75) is 0 Å². The maximum Gasteiger partial charge on any atom is 0.266 e. The molecule has 19 heavy (non-hydrogen) atoms. The fourth-order valence-corrected chi connectivity index (χ4v) is 2.32. The Labute approximate surface area is 119 Å². The number of halogens is 2. The zero-order valence-corrected chi connectivity index (χ0v) is 11.2. The maximum absolute atomic E-state index is 12.4. The molecule has 2 heterocycles. The third kappa shape index (κ3) is 2.11. The van der Waals surface area contributed by atoms with E-state index in [0.29, 0.717) is 10.4 Å². The number of rotatable bonds is 1. The number of nitrogens with zero attached hydrogens (tertiary/aromatic N) is 2. The largest absolute Gasteiger partial charge is 0.284 e. The molecule has 0 atom stereocenters. The normalized spacial score (nSPS) is 10.8. The van der Waals surface area contributed by atoms with Crippen LogP contribution in [0.1, 0.15) is 0 Å². The molecule has 0 saturated carbocycles. The first-order chi connectivity index (χ1) is 9.16.